The van der Waals surface area contributed by atoms with Gasteiger partial charge in [0.2, 0.25) is 11.8 Å². The van der Waals surface area contributed by atoms with E-state index in [1.807, 2.05) is 0 Å². The molecular formula is C23H33N7O7. The van der Waals surface area contributed by atoms with Gasteiger partial charge in [0.05, 0.1) is 16.4 Å². The van der Waals surface area contributed by atoms with E-state index in [2.05, 4.69) is 20.7 Å². The number of urea groups is 1. The average Bonchev–Trinajstić information content (AvgIpc) is 2.99. The van der Waals surface area contributed by atoms with Crippen molar-refractivity contribution >= 4 is 41.7 Å². The fourth-order valence-corrected chi connectivity index (χ4v) is 5.01. The summed E-state index contributed by atoms with van der Waals surface area (Å²) in [5.41, 5.74) is 6.85. The highest BCUT2D eigenvalue weighted by atomic mass is 16.4. The van der Waals surface area contributed by atoms with Crippen molar-refractivity contribution in [2.75, 3.05) is 6.54 Å². The topological polar surface area (TPSA) is 206 Å². The minimum Gasteiger partial charge on any atom is -0.550 e. The number of carbonyl (C=O) groups excluding carboxylic acids is 6. The van der Waals surface area contributed by atoms with E-state index in [1.165, 1.54) is 5.01 Å². The highest BCUT2D eigenvalue weighted by Crippen LogP contribution is 2.25. The van der Waals surface area contributed by atoms with Gasteiger partial charge in [-0.15, -0.1) is 0 Å². The number of hydrazine groups is 1. The van der Waals surface area contributed by atoms with E-state index < -0.39 is 54.1 Å². The summed E-state index contributed by atoms with van der Waals surface area (Å²) < 4.78 is 0. The first kappa shape index (κ1) is 27.8. The van der Waals surface area contributed by atoms with Gasteiger partial charge in [-0.05, 0) is 44.9 Å². The molecule has 0 unspecified atom stereocenters. The van der Waals surface area contributed by atoms with Gasteiger partial charge in [-0.1, -0.05) is 19.3 Å². The van der Waals surface area contributed by atoms with Crippen LogP contribution in [-0.4, -0.2) is 87.2 Å². The van der Waals surface area contributed by atoms with Gasteiger partial charge in [0, 0.05) is 25.0 Å². The van der Waals surface area contributed by atoms with Crippen molar-refractivity contribution < 1.29 is 38.7 Å². The van der Waals surface area contributed by atoms with Crippen molar-refractivity contribution in [2.45, 2.75) is 94.8 Å². The Hall–Kier alpha value is -3.80. The van der Waals surface area contributed by atoms with Crippen molar-refractivity contribution in [3.05, 3.63) is 0 Å². The molecule has 202 valence electrons. The van der Waals surface area contributed by atoms with Crippen molar-refractivity contribution in [3.8, 4) is 0 Å². The van der Waals surface area contributed by atoms with Gasteiger partial charge in [0.25, 0.3) is 11.7 Å². The second kappa shape index (κ2) is 12.9. The molecule has 4 N–H and O–H groups in total. The van der Waals surface area contributed by atoms with Crippen LogP contribution >= 0.6 is 0 Å². The lowest BCUT2D eigenvalue weighted by molar-refractivity contribution is -0.305. The van der Waals surface area contributed by atoms with E-state index >= 15 is 0 Å². The lowest BCUT2D eigenvalue weighted by Gasteiger charge is -2.43. The number of carbonyl (C=O) groups is 6. The Morgan fingerprint density at radius 3 is 2.46 bits per heavy atom. The minimum absolute atomic E-state index is 0.00234. The van der Waals surface area contributed by atoms with Gasteiger partial charge < -0.3 is 25.9 Å². The number of nitrogens with one attached hydrogen (secondary N) is 4. The van der Waals surface area contributed by atoms with E-state index in [1.54, 1.807) is 0 Å². The van der Waals surface area contributed by atoms with Gasteiger partial charge >= 0.3 is 12.2 Å². The first-order valence-corrected chi connectivity index (χ1v) is 12.7. The number of rotatable bonds is 9. The van der Waals surface area contributed by atoms with Crippen LogP contribution in [0.1, 0.15) is 70.6 Å². The van der Waals surface area contributed by atoms with E-state index in [0.29, 0.717) is 12.6 Å². The van der Waals surface area contributed by atoms with Crippen LogP contribution in [0.4, 0.5) is 4.79 Å². The molecule has 0 aromatic rings. The SMILES string of the molecule is N=[N+]=CC(=O)[C@H](CCC(=O)[O-])NC(=O)[C@@H]1CCCN2C(=O)CC[C@H](NC(=O)NC3CCCCC3)C(=O)N12. The number of nitrogens with zero attached hydrogens (tertiary/aromatic N) is 3. The highest BCUT2D eigenvalue weighted by molar-refractivity contribution is 6.28. The van der Waals surface area contributed by atoms with Gasteiger partial charge in [0.15, 0.2) is 0 Å². The number of ketones is 1. The second-order valence-electron chi connectivity index (χ2n) is 9.53. The standard InChI is InChI=1S/C23H33N7O7/c24-25-13-18(31)15(9-11-20(33)34)27-21(35)17-7-4-12-29-19(32)10-8-16(22(36)30(17)29)28-23(37)26-14-5-2-1-3-6-14/h13-17,24H,1-12H2,(H3-,26,27,28,33,34,35,37)/t15-,16-,17-/m0/s1. The zero-order valence-corrected chi connectivity index (χ0v) is 20.6. The molecule has 5 amide bonds. The van der Waals surface area contributed by atoms with E-state index in [9.17, 15) is 33.9 Å². The van der Waals surface area contributed by atoms with Gasteiger partial charge in [-0.25, -0.2) is 9.80 Å². The first-order chi connectivity index (χ1) is 17.7. The summed E-state index contributed by atoms with van der Waals surface area (Å²) in [5.74, 6) is -3.95. The minimum atomic E-state index is -1.42. The Morgan fingerprint density at radius 2 is 1.78 bits per heavy atom. The summed E-state index contributed by atoms with van der Waals surface area (Å²) in [6.07, 6.45) is 5.37. The van der Waals surface area contributed by atoms with Crippen LogP contribution < -0.4 is 21.1 Å². The first-order valence-electron chi connectivity index (χ1n) is 12.7. The van der Waals surface area contributed by atoms with E-state index in [4.69, 9.17) is 5.53 Å². The van der Waals surface area contributed by atoms with Gasteiger partial charge in [-0.2, -0.15) is 0 Å². The van der Waals surface area contributed by atoms with Crippen LogP contribution in [0.2, 0.25) is 0 Å². The summed E-state index contributed by atoms with van der Waals surface area (Å²) >= 11 is 0. The lowest BCUT2D eigenvalue weighted by Crippen LogP contribution is -2.65. The largest absolute Gasteiger partial charge is 0.550 e. The Morgan fingerprint density at radius 1 is 1.05 bits per heavy atom. The predicted octanol–water partition coefficient (Wildman–Crippen LogP) is -1.59. The number of aliphatic carboxylic acids is 1. The van der Waals surface area contributed by atoms with Crippen molar-refractivity contribution in [1.29, 1.82) is 5.53 Å². The highest BCUT2D eigenvalue weighted by Gasteiger charge is 2.45. The molecule has 2 aliphatic heterocycles. The third kappa shape index (κ3) is 7.35. The van der Waals surface area contributed by atoms with Crippen molar-refractivity contribution in [1.82, 2.24) is 26.0 Å². The molecule has 0 aromatic carbocycles. The molecule has 0 radical (unpaired) electrons. The third-order valence-electron chi connectivity index (χ3n) is 6.90. The zero-order valence-electron chi connectivity index (χ0n) is 20.6. The molecule has 0 spiro atoms. The molecule has 37 heavy (non-hydrogen) atoms. The molecule has 0 bridgehead atoms. The average molecular weight is 520 g/mol. The Labute approximate surface area is 213 Å². The van der Waals surface area contributed by atoms with Gasteiger partial charge in [0.1, 0.15) is 12.1 Å². The molecule has 3 rings (SSSR count). The number of amides is 5. The maximum atomic E-state index is 13.5. The lowest BCUT2D eigenvalue weighted by atomic mass is 9.96. The molecule has 3 aliphatic rings. The molecule has 3 atom stereocenters. The Kier molecular flexibility index (Phi) is 9.72. The van der Waals surface area contributed by atoms with Crippen LogP contribution in [0.25, 0.3) is 0 Å². The number of carboxylic acids is 1. The maximum absolute atomic E-state index is 13.5. The van der Waals surface area contributed by atoms with Crippen molar-refractivity contribution in [3.63, 3.8) is 0 Å². The molecule has 1 aliphatic carbocycles. The normalized spacial score (nSPS) is 23.1. The number of Topliss-reactive ketones (excluding diaryl/α,β-unsaturated/α-hetero) is 1. The summed E-state index contributed by atoms with van der Waals surface area (Å²) in [6.45, 7) is 0.216. The monoisotopic (exact) mass is 519 g/mol. The summed E-state index contributed by atoms with van der Waals surface area (Å²) in [7, 11) is 0. The number of hydrogen-bond acceptors (Lipinski definition) is 8. The molecule has 3 fully saturated rings. The van der Waals surface area contributed by atoms with Gasteiger partial charge in [-0.3, -0.25) is 24.2 Å². The fourth-order valence-electron chi connectivity index (χ4n) is 5.01. The summed E-state index contributed by atoms with van der Waals surface area (Å²) in [5, 5.41) is 21.1. The van der Waals surface area contributed by atoms with E-state index in [-0.39, 0.29) is 44.2 Å². The molecule has 2 saturated heterocycles. The quantitative estimate of drug-likeness (QED) is 0.159. The van der Waals surface area contributed by atoms with Crippen LogP contribution in [0.3, 0.4) is 0 Å². The second-order valence-corrected chi connectivity index (χ2v) is 9.53. The van der Waals surface area contributed by atoms with E-state index in [0.717, 1.165) is 37.1 Å². The molecular weight excluding hydrogens is 486 g/mol. The summed E-state index contributed by atoms with van der Waals surface area (Å²) in [6, 6.07) is -3.98. The maximum Gasteiger partial charge on any atom is 0.374 e. The van der Waals surface area contributed by atoms with Crippen LogP contribution in [0.5, 0.6) is 0 Å². The molecule has 2 heterocycles. The third-order valence-corrected chi connectivity index (χ3v) is 6.90. The van der Waals surface area contributed by atoms with Crippen LogP contribution in [0.15, 0.2) is 0 Å². The Balaban J connectivity index is 1.75. The number of fused-ring (bicyclic) bond motifs is 1. The van der Waals surface area contributed by atoms with Crippen molar-refractivity contribution in [2.24, 2.45) is 0 Å². The number of carboxylic acid groups (broad SMARTS) is 1. The van der Waals surface area contributed by atoms with Crippen LogP contribution in [0, 0.1) is 5.53 Å². The molecule has 0 aromatic heterocycles. The Bertz CT molecular complexity index is 974. The summed E-state index contributed by atoms with van der Waals surface area (Å²) in [4.78, 5) is 78.2. The molecule has 1 saturated carbocycles. The molecule has 14 heteroatoms. The predicted molar refractivity (Wildman–Crippen MR) is 123 cm³/mol. The number of hydrogen-bond donors (Lipinski definition) is 4. The molecule has 14 nitrogen and oxygen atoms in total. The zero-order chi connectivity index (χ0) is 26.9. The fraction of sp³-hybridized carbons (Fsp3) is 0.696. The van der Waals surface area contributed by atoms with Crippen LogP contribution in [-0.2, 0) is 24.0 Å². The smallest absolute Gasteiger partial charge is 0.374 e.